The number of esters is 1. The number of hydrogen-bond acceptors (Lipinski definition) is 3. The zero-order valence-corrected chi connectivity index (χ0v) is 28.7. The second-order valence-corrected chi connectivity index (χ2v) is 15.3. The predicted octanol–water partition coefficient (Wildman–Crippen LogP) is 11.3. The third-order valence-corrected chi connectivity index (χ3v) is 12.6. The molecular formula is C41H64O3. The lowest BCUT2D eigenvalue weighted by atomic mass is 9.44. The van der Waals surface area contributed by atoms with E-state index in [0.29, 0.717) is 23.5 Å². The van der Waals surface area contributed by atoms with E-state index < -0.39 is 0 Å². The first-order chi connectivity index (χ1) is 21.3. The summed E-state index contributed by atoms with van der Waals surface area (Å²) < 4.78 is 6.05. The standard InChI is InChI=1S/C41H64O3/c1-5-6-7-8-9-10-11-12-13-14-15-16-17-18-19-20-21-22-39(43)44-34-27-29-40(3)33(31-34)23-24-35-37-26-25-36(32(2)42)41(37,4)30-28-38(35)40/h9-10,12-13,15-16,18-19,33-38H,5-8,11,14,17,20-31H2,1-4H3/b10-9-,13-12-,16-15-,19-18-/t33-,34+,35?,36+,37?,38?,40-,41+/m0/s1. The number of carbonyl (C=O) groups is 2. The van der Waals surface area contributed by atoms with Crippen LogP contribution in [0.2, 0.25) is 0 Å². The molecule has 44 heavy (non-hydrogen) atoms. The van der Waals surface area contributed by atoms with Crippen molar-refractivity contribution >= 4 is 11.8 Å². The van der Waals surface area contributed by atoms with Crippen molar-refractivity contribution in [2.75, 3.05) is 0 Å². The molecule has 0 aliphatic heterocycles. The first kappa shape index (κ1) is 35.0. The van der Waals surface area contributed by atoms with Crippen molar-refractivity contribution in [2.24, 2.45) is 40.4 Å². The highest BCUT2D eigenvalue weighted by atomic mass is 16.5. The van der Waals surface area contributed by atoms with Crippen molar-refractivity contribution in [1.29, 1.82) is 0 Å². The number of carbonyl (C=O) groups excluding carboxylic acids is 2. The molecule has 0 heterocycles. The molecule has 4 aliphatic rings. The fraction of sp³-hybridized carbons (Fsp3) is 0.756. The molecule has 0 bridgehead atoms. The quantitative estimate of drug-likeness (QED) is 0.1000. The highest BCUT2D eigenvalue weighted by Gasteiger charge is 2.60. The number of hydrogen-bond donors (Lipinski definition) is 0. The number of fused-ring (bicyclic) bond motifs is 5. The summed E-state index contributed by atoms with van der Waals surface area (Å²) in [4.78, 5) is 25.1. The minimum Gasteiger partial charge on any atom is -0.462 e. The van der Waals surface area contributed by atoms with Gasteiger partial charge in [-0.15, -0.1) is 0 Å². The molecule has 0 aromatic heterocycles. The van der Waals surface area contributed by atoms with Crippen LogP contribution in [-0.2, 0) is 14.3 Å². The Hall–Kier alpha value is -1.90. The number of allylic oxidation sites excluding steroid dienone is 8. The monoisotopic (exact) mass is 604 g/mol. The summed E-state index contributed by atoms with van der Waals surface area (Å²) in [5.41, 5.74) is 0.610. The van der Waals surface area contributed by atoms with Gasteiger partial charge in [-0.25, -0.2) is 0 Å². The molecule has 8 atom stereocenters. The first-order valence-corrected chi connectivity index (χ1v) is 18.6. The number of unbranched alkanes of at least 4 members (excludes halogenated alkanes) is 4. The predicted molar refractivity (Wildman–Crippen MR) is 184 cm³/mol. The lowest BCUT2D eigenvalue weighted by Crippen LogP contribution is -2.54. The second kappa shape index (κ2) is 17.1. The van der Waals surface area contributed by atoms with E-state index in [4.69, 9.17) is 4.74 Å². The maximum absolute atomic E-state index is 12.7. The van der Waals surface area contributed by atoms with Crippen LogP contribution in [0.1, 0.15) is 150 Å². The Balaban J connectivity index is 1.08. The lowest BCUT2D eigenvalue weighted by Gasteiger charge is -2.61. The number of ketones is 1. The van der Waals surface area contributed by atoms with E-state index in [1.165, 1.54) is 64.2 Å². The van der Waals surface area contributed by atoms with Gasteiger partial charge in [0.25, 0.3) is 0 Å². The van der Waals surface area contributed by atoms with Crippen LogP contribution in [-0.4, -0.2) is 17.9 Å². The number of rotatable bonds is 16. The second-order valence-electron chi connectivity index (χ2n) is 15.3. The van der Waals surface area contributed by atoms with Gasteiger partial charge in [0.2, 0.25) is 0 Å². The molecule has 0 N–H and O–H groups in total. The molecule has 3 nitrogen and oxygen atoms in total. The van der Waals surface area contributed by atoms with Crippen molar-refractivity contribution in [2.45, 2.75) is 156 Å². The number of Topliss-reactive ketones (excluding diaryl/α,β-unsaturated/α-hetero) is 1. The van der Waals surface area contributed by atoms with Crippen molar-refractivity contribution < 1.29 is 14.3 Å². The van der Waals surface area contributed by atoms with E-state index in [1.54, 1.807) is 0 Å². The Labute approximate surface area is 270 Å². The Morgan fingerprint density at radius 2 is 1.32 bits per heavy atom. The Morgan fingerprint density at radius 1 is 0.705 bits per heavy atom. The van der Waals surface area contributed by atoms with Crippen LogP contribution in [0.5, 0.6) is 0 Å². The Morgan fingerprint density at radius 3 is 1.98 bits per heavy atom. The maximum atomic E-state index is 12.7. The molecule has 4 aliphatic carbocycles. The van der Waals surface area contributed by atoms with Crippen LogP contribution in [0.15, 0.2) is 48.6 Å². The lowest BCUT2D eigenvalue weighted by molar-refractivity contribution is -0.163. The van der Waals surface area contributed by atoms with E-state index >= 15 is 0 Å². The van der Waals surface area contributed by atoms with Crippen LogP contribution in [0.4, 0.5) is 0 Å². The van der Waals surface area contributed by atoms with Crippen LogP contribution in [0, 0.1) is 40.4 Å². The topological polar surface area (TPSA) is 43.4 Å². The molecule has 3 heteroatoms. The molecule has 0 saturated heterocycles. The molecule has 4 saturated carbocycles. The summed E-state index contributed by atoms with van der Waals surface area (Å²) >= 11 is 0. The van der Waals surface area contributed by atoms with E-state index in [-0.39, 0.29) is 23.4 Å². The van der Waals surface area contributed by atoms with Crippen LogP contribution < -0.4 is 0 Å². The van der Waals surface area contributed by atoms with Crippen molar-refractivity contribution in [3.63, 3.8) is 0 Å². The molecule has 0 spiro atoms. The minimum absolute atomic E-state index is 0.00200. The smallest absolute Gasteiger partial charge is 0.306 e. The van der Waals surface area contributed by atoms with E-state index in [0.717, 1.165) is 69.1 Å². The van der Waals surface area contributed by atoms with E-state index in [9.17, 15) is 9.59 Å². The third-order valence-electron chi connectivity index (χ3n) is 12.6. The summed E-state index contributed by atoms with van der Waals surface area (Å²) in [6.07, 6.45) is 39.3. The molecule has 0 radical (unpaired) electrons. The van der Waals surface area contributed by atoms with Crippen molar-refractivity contribution in [1.82, 2.24) is 0 Å². The normalized spacial score (nSPS) is 35.4. The van der Waals surface area contributed by atoms with Gasteiger partial charge in [-0.05, 0) is 144 Å². The Bertz CT molecular complexity index is 1030. The summed E-state index contributed by atoms with van der Waals surface area (Å²) in [5.74, 6) is 3.69. The average molecular weight is 605 g/mol. The summed E-state index contributed by atoms with van der Waals surface area (Å²) in [6, 6.07) is 0. The van der Waals surface area contributed by atoms with E-state index in [1.807, 2.05) is 6.92 Å². The summed E-state index contributed by atoms with van der Waals surface area (Å²) in [5, 5.41) is 0. The van der Waals surface area contributed by atoms with Gasteiger partial charge in [0.1, 0.15) is 11.9 Å². The molecule has 0 aromatic carbocycles. The zero-order chi connectivity index (χ0) is 31.4. The highest BCUT2D eigenvalue weighted by molar-refractivity contribution is 5.79. The van der Waals surface area contributed by atoms with Crippen LogP contribution in [0.3, 0.4) is 0 Å². The van der Waals surface area contributed by atoms with Gasteiger partial charge < -0.3 is 4.74 Å². The molecule has 4 rings (SSSR count). The van der Waals surface area contributed by atoms with Gasteiger partial charge in [0, 0.05) is 12.3 Å². The molecular weight excluding hydrogens is 540 g/mol. The molecule has 246 valence electrons. The zero-order valence-electron chi connectivity index (χ0n) is 28.7. The fourth-order valence-electron chi connectivity index (χ4n) is 10.2. The van der Waals surface area contributed by atoms with Crippen LogP contribution >= 0.6 is 0 Å². The van der Waals surface area contributed by atoms with Gasteiger partial charge in [-0.2, -0.15) is 0 Å². The molecule has 4 fully saturated rings. The highest BCUT2D eigenvalue weighted by Crippen LogP contribution is 2.67. The van der Waals surface area contributed by atoms with Gasteiger partial charge in [-0.3, -0.25) is 9.59 Å². The van der Waals surface area contributed by atoms with Crippen molar-refractivity contribution in [3.05, 3.63) is 48.6 Å². The number of ether oxygens (including phenoxy) is 1. The molecule has 0 aromatic rings. The van der Waals surface area contributed by atoms with Gasteiger partial charge in [0.05, 0.1) is 0 Å². The van der Waals surface area contributed by atoms with E-state index in [2.05, 4.69) is 69.4 Å². The molecule has 0 amide bonds. The Kier molecular flexibility index (Phi) is 13.6. The molecule has 3 unspecified atom stereocenters. The summed E-state index contributed by atoms with van der Waals surface area (Å²) in [7, 11) is 0. The SMILES string of the molecule is CCCCC/C=C\C/C=C\C/C=C\C/C=C\CCCC(=O)O[C@@H]1CC[C@]2(C)C3CC[C@@]4(C)C(CC[C@@H]4C(C)=O)C3CC[C@H]2C1. The van der Waals surface area contributed by atoms with Gasteiger partial charge >= 0.3 is 5.97 Å². The van der Waals surface area contributed by atoms with Crippen LogP contribution in [0.25, 0.3) is 0 Å². The largest absolute Gasteiger partial charge is 0.462 e. The maximum Gasteiger partial charge on any atom is 0.306 e. The van der Waals surface area contributed by atoms with Crippen molar-refractivity contribution in [3.8, 4) is 0 Å². The minimum atomic E-state index is -0.00200. The van der Waals surface area contributed by atoms with Gasteiger partial charge in [0.15, 0.2) is 0 Å². The first-order valence-electron chi connectivity index (χ1n) is 18.6. The fourth-order valence-corrected chi connectivity index (χ4v) is 10.2. The van der Waals surface area contributed by atoms with Gasteiger partial charge in [-0.1, -0.05) is 82.2 Å². The summed E-state index contributed by atoms with van der Waals surface area (Å²) in [6.45, 7) is 9.09. The third kappa shape index (κ3) is 8.88. The average Bonchev–Trinajstić information content (AvgIpc) is 3.36.